The number of benzene rings is 1. The van der Waals surface area contributed by atoms with Crippen LogP contribution in [0, 0.1) is 0 Å². The fourth-order valence-corrected chi connectivity index (χ4v) is 2.62. The molecule has 18 heavy (non-hydrogen) atoms. The van der Waals surface area contributed by atoms with Crippen LogP contribution in [0.2, 0.25) is 0 Å². The zero-order chi connectivity index (χ0) is 13.9. The molecule has 0 radical (unpaired) electrons. The minimum absolute atomic E-state index is 0.211. The average molecular weight is 380 g/mol. The normalized spacial score (nSPS) is 13.2. The molecule has 0 fully saturated rings. The molecule has 1 unspecified atom stereocenters. The van der Waals surface area contributed by atoms with Gasteiger partial charge in [-0.15, -0.1) is 0 Å². The third-order valence-electron chi connectivity index (χ3n) is 2.03. The summed E-state index contributed by atoms with van der Waals surface area (Å²) in [4.78, 5) is 21.7. The molecule has 0 amide bonds. The number of hydrogen-bond donors (Lipinski definition) is 0. The number of alkyl halides is 1. The Morgan fingerprint density at radius 3 is 2.39 bits per heavy atom. The molecule has 0 N–H and O–H groups in total. The molecular formula is C13H16Br2O3. The maximum atomic E-state index is 11.7. The second kappa shape index (κ2) is 6.17. The van der Waals surface area contributed by atoms with E-state index in [1.54, 1.807) is 12.1 Å². The van der Waals surface area contributed by atoms with Gasteiger partial charge < -0.3 is 0 Å². The van der Waals surface area contributed by atoms with Crippen LogP contribution in [0.3, 0.4) is 0 Å². The number of carbonyl (C=O) groups is 1. The summed E-state index contributed by atoms with van der Waals surface area (Å²) in [5.74, 6) is -0.501. The summed E-state index contributed by atoms with van der Waals surface area (Å²) >= 11 is 6.91. The van der Waals surface area contributed by atoms with Crippen LogP contribution in [0.5, 0.6) is 0 Å². The Morgan fingerprint density at radius 2 is 1.94 bits per heavy atom. The molecule has 0 saturated carbocycles. The molecule has 1 rings (SSSR count). The second-order valence-corrected chi connectivity index (χ2v) is 7.15. The van der Waals surface area contributed by atoms with E-state index >= 15 is 0 Å². The Morgan fingerprint density at radius 1 is 1.33 bits per heavy atom. The predicted octanol–water partition coefficient (Wildman–Crippen LogP) is 4.79. The van der Waals surface area contributed by atoms with Crippen molar-refractivity contribution in [3.63, 3.8) is 0 Å². The minimum Gasteiger partial charge on any atom is -0.292 e. The van der Waals surface area contributed by atoms with Crippen molar-refractivity contribution in [2.75, 3.05) is 0 Å². The van der Waals surface area contributed by atoms with Crippen molar-refractivity contribution < 1.29 is 14.6 Å². The fourth-order valence-electron chi connectivity index (χ4n) is 1.19. The molecular weight excluding hydrogens is 364 g/mol. The molecule has 0 aromatic heterocycles. The van der Waals surface area contributed by atoms with Crippen molar-refractivity contribution >= 4 is 37.8 Å². The van der Waals surface area contributed by atoms with Gasteiger partial charge in [-0.2, -0.15) is 4.89 Å². The van der Waals surface area contributed by atoms with Gasteiger partial charge in [0.15, 0.2) is 0 Å². The summed E-state index contributed by atoms with van der Waals surface area (Å²) in [6, 6.07) is 5.31. The summed E-state index contributed by atoms with van der Waals surface area (Å²) in [6.45, 7) is 7.45. The van der Waals surface area contributed by atoms with Crippen LogP contribution >= 0.6 is 31.9 Å². The maximum absolute atomic E-state index is 11.7. The predicted molar refractivity (Wildman–Crippen MR) is 77.7 cm³/mol. The highest BCUT2D eigenvalue weighted by Crippen LogP contribution is 2.30. The second-order valence-electron chi connectivity index (χ2n) is 4.92. The SMILES string of the molecule is CC(Br)c1ccc(C(=O)OOC(C)(C)C)cc1Br. The first-order valence-electron chi connectivity index (χ1n) is 5.54. The molecule has 0 aliphatic rings. The first-order valence-corrected chi connectivity index (χ1v) is 7.25. The van der Waals surface area contributed by atoms with Crippen LogP contribution in [0.15, 0.2) is 22.7 Å². The molecule has 1 aromatic rings. The summed E-state index contributed by atoms with van der Waals surface area (Å²) < 4.78 is 0.858. The molecule has 5 heteroatoms. The van der Waals surface area contributed by atoms with Gasteiger partial charge in [0.2, 0.25) is 0 Å². The van der Waals surface area contributed by atoms with Gasteiger partial charge >= 0.3 is 5.97 Å². The van der Waals surface area contributed by atoms with E-state index in [0.717, 1.165) is 10.0 Å². The quantitative estimate of drug-likeness (QED) is 0.430. The molecule has 3 nitrogen and oxygen atoms in total. The minimum atomic E-state index is -0.517. The smallest absolute Gasteiger partial charge is 0.292 e. The van der Waals surface area contributed by atoms with E-state index in [9.17, 15) is 4.79 Å². The van der Waals surface area contributed by atoms with E-state index in [-0.39, 0.29) is 4.83 Å². The highest BCUT2D eigenvalue weighted by atomic mass is 79.9. The molecule has 0 aliphatic heterocycles. The fraction of sp³-hybridized carbons (Fsp3) is 0.462. The summed E-state index contributed by atoms with van der Waals surface area (Å²) in [5, 5.41) is 0. The van der Waals surface area contributed by atoms with Gasteiger partial charge in [0.05, 0.1) is 5.56 Å². The van der Waals surface area contributed by atoms with Gasteiger partial charge in [0, 0.05) is 9.30 Å². The van der Waals surface area contributed by atoms with Crippen molar-refractivity contribution in [1.82, 2.24) is 0 Å². The average Bonchev–Trinajstić information content (AvgIpc) is 2.24. The van der Waals surface area contributed by atoms with Gasteiger partial charge in [0.25, 0.3) is 0 Å². The van der Waals surface area contributed by atoms with Crippen LogP contribution < -0.4 is 0 Å². The first kappa shape index (κ1) is 15.7. The lowest BCUT2D eigenvalue weighted by Gasteiger charge is -2.16. The Balaban J connectivity index is 2.79. The zero-order valence-corrected chi connectivity index (χ0v) is 14.0. The highest BCUT2D eigenvalue weighted by molar-refractivity contribution is 9.11. The molecule has 0 saturated heterocycles. The zero-order valence-electron chi connectivity index (χ0n) is 10.8. The van der Waals surface area contributed by atoms with Gasteiger partial charge in [-0.3, -0.25) is 4.89 Å². The van der Waals surface area contributed by atoms with E-state index in [0.29, 0.717) is 5.56 Å². The molecule has 0 bridgehead atoms. The van der Waals surface area contributed by atoms with Crippen LogP contribution in [-0.2, 0) is 9.78 Å². The number of carbonyl (C=O) groups excluding carboxylic acids is 1. The lowest BCUT2D eigenvalue weighted by Crippen LogP contribution is -2.22. The van der Waals surface area contributed by atoms with E-state index in [1.807, 2.05) is 33.8 Å². The molecule has 1 aromatic carbocycles. The van der Waals surface area contributed by atoms with Crippen molar-refractivity contribution in [2.24, 2.45) is 0 Å². The molecule has 0 aliphatic carbocycles. The highest BCUT2D eigenvalue weighted by Gasteiger charge is 2.17. The van der Waals surface area contributed by atoms with Crippen molar-refractivity contribution in [3.05, 3.63) is 33.8 Å². The maximum Gasteiger partial charge on any atom is 0.373 e. The van der Waals surface area contributed by atoms with Gasteiger partial charge in [-0.05, 0) is 45.4 Å². The molecule has 0 spiro atoms. The van der Waals surface area contributed by atoms with Crippen molar-refractivity contribution in [1.29, 1.82) is 0 Å². The Labute approximate surface area is 124 Å². The van der Waals surface area contributed by atoms with Gasteiger partial charge in [-0.1, -0.05) is 37.9 Å². The largest absolute Gasteiger partial charge is 0.373 e. The topological polar surface area (TPSA) is 35.5 Å². The first-order chi connectivity index (χ1) is 8.20. The molecule has 100 valence electrons. The third-order valence-corrected chi connectivity index (χ3v) is 3.21. The molecule has 0 heterocycles. The van der Waals surface area contributed by atoms with Gasteiger partial charge in [0.1, 0.15) is 5.60 Å². The van der Waals surface area contributed by atoms with E-state index < -0.39 is 11.6 Å². The van der Waals surface area contributed by atoms with Gasteiger partial charge in [-0.25, -0.2) is 4.79 Å². The number of rotatable bonds is 3. The monoisotopic (exact) mass is 378 g/mol. The summed E-state index contributed by atoms with van der Waals surface area (Å²) in [5.41, 5.74) is 1.00. The Bertz CT molecular complexity index is 436. The van der Waals surface area contributed by atoms with Crippen molar-refractivity contribution in [2.45, 2.75) is 38.1 Å². The summed E-state index contributed by atoms with van der Waals surface area (Å²) in [6.07, 6.45) is 0. The van der Waals surface area contributed by atoms with E-state index in [2.05, 4.69) is 31.9 Å². The van der Waals surface area contributed by atoms with Crippen LogP contribution in [-0.4, -0.2) is 11.6 Å². The van der Waals surface area contributed by atoms with Crippen LogP contribution in [0.4, 0.5) is 0 Å². The third kappa shape index (κ3) is 4.71. The lowest BCUT2D eigenvalue weighted by atomic mass is 10.1. The number of hydrogen-bond acceptors (Lipinski definition) is 3. The molecule has 1 atom stereocenters. The van der Waals surface area contributed by atoms with Crippen LogP contribution in [0.25, 0.3) is 0 Å². The summed E-state index contributed by atoms with van der Waals surface area (Å²) in [7, 11) is 0. The Kier molecular flexibility index (Phi) is 5.37. The van der Waals surface area contributed by atoms with Crippen molar-refractivity contribution in [3.8, 4) is 0 Å². The Hall–Kier alpha value is -0.390. The standard InChI is InChI=1S/C13H16Br2O3/c1-8(14)10-6-5-9(7-11(10)15)12(16)17-18-13(2,3)4/h5-8H,1-4H3. The number of halogens is 2. The van der Waals surface area contributed by atoms with E-state index in [1.165, 1.54) is 0 Å². The lowest BCUT2D eigenvalue weighted by molar-refractivity contribution is -0.301. The van der Waals surface area contributed by atoms with E-state index in [4.69, 9.17) is 9.78 Å². The van der Waals surface area contributed by atoms with Crippen LogP contribution in [0.1, 0.15) is 48.4 Å².